The molecule has 0 aliphatic heterocycles. The van der Waals surface area contributed by atoms with Crippen molar-refractivity contribution in [3.63, 3.8) is 0 Å². The summed E-state index contributed by atoms with van der Waals surface area (Å²) in [4.78, 5) is 12.7. The molecule has 1 N–H and O–H groups in total. The Balaban J connectivity index is 2.07. The maximum Gasteiger partial charge on any atom is 0.261 e. The number of hydrogen-bond donors (Lipinski definition) is 1. The molecule has 2 rings (SSSR count). The first-order valence-corrected chi connectivity index (χ1v) is 11.5. The highest BCUT2D eigenvalue weighted by Crippen LogP contribution is 2.23. The maximum absolute atomic E-state index is 12.7. The topological polar surface area (TPSA) is 75.7 Å². The van der Waals surface area contributed by atoms with Crippen LogP contribution in [0, 0.1) is 13.8 Å². The third-order valence-corrected chi connectivity index (χ3v) is 6.11. The molecule has 0 radical (unpaired) electrons. The fourth-order valence-electron chi connectivity index (χ4n) is 3.02. The molecule has 0 bridgehead atoms. The molecule has 29 heavy (non-hydrogen) atoms. The van der Waals surface area contributed by atoms with Crippen molar-refractivity contribution < 1.29 is 17.9 Å². The van der Waals surface area contributed by atoms with Crippen molar-refractivity contribution in [2.45, 2.75) is 46.3 Å². The molecule has 158 valence electrons. The van der Waals surface area contributed by atoms with Gasteiger partial charge >= 0.3 is 0 Å². The molecular weight excluding hydrogens is 388 g/mol. The summed E-state index contributed by atoms with van der Waals surface area (Å²) in [5, 5.41) is 3.03. The van der Waals surface area contributed by atoms with Crippen LogP contribution in [-0.4, -0.2) is 33.7 Å². The van der Waals surface area contributed by atoms with E-state index in [0.29, 0.717) is 17.9 Å². The van der Waals surface area contributed by atoms with Gasteiger partial charge in [0, 0.05) is 7.05 Å². The average molecular weight is 419 g/mol. The SMILES string of the molecule is CC[C@@H](Oc1ccc(N(C)S(C)(=O)=O)cc1)C(=O)N[C@H](C)c1cc(C)ccc1C. The standard InChI is InChI=1S/C22H30N2O4S/c1-7-21(22(25)23-17(4)20-14-15(2)8-9-16(20)3)28-19-12-10-18(11-13-19)24(5)29(6,26)27/h8-14,17,21H,7H2,1-6H3,(H,23,25)/t17-,21-/m1/s1. The van der Waals surface area contributed by atoms with Crippen molar-refractivity contribution in [2.75, 3.05) is 17.6 Å². The summed E-state index contributed by atoms with van der Waals surface area (Å²) >= 11 is 0. The van der Waals surface area contributed by atoms with E-state index in [1.165, 1.54) is 11.4 Å². The van der Waals surface area contributed by atoms with Gasteiger partial charge in [-0.05, 0) is 62.6 Å². The van der Waals surface area contributed by atoms with Crippen LogP contribution in [0.1, 0.15) is 43.0 Å². The summed E-state index contributed by atoms with van der Waals surface area (Å²) in [6.45, 7) is 7.90. The van der Waals surface area contributed by atoms with E-state index in [2.05, 4.69) is 23.5 Å². The molecule has 0 unspecified atom stereocenters. The molecule has 0 saturated carbocycles. The van der Waals surface area contributed by atoms with E-state index in [-0.39, 0.29) is 11.9 Å². The van der Waals surface area contributed by atoms with Gasteiger partial charge in [0.15, 0.2) is 6.10 Å². The Bertz CT molecular complexity index is 955. The highest BCUT2D eigenvalue weighted by Gasteiger charge is 2.21. The fourth-order valence-corrected chi connectivity index (χ4v) is 3.53. The average Bonchev–Trinajstić information content (AvgIpc) is 2.66. The van der Waals surface area contributed by atoms with Crippen molar-refractivity contribution in [1.82, 2.24) is 5.32 Å². The van der Waals surface area contributed by atoms with Crippen molar-refractivity contribution in [1.29, 1.82) is 0 Å². The second kappa shape index (κ2) is 9.31. The molecule has 7 heteroatoms. The van der Waals surface area contributed by atoms with Gasteiger partial charge in [0.1, 0.15) is 5.75 Å². The Kier molecular flexibility index (Phi) is 7.30. The Morgan fingerprint density at radius 1 is 1.14 bits per heavy atom. The van der Waals surface area contributed by atoms with E-state index < -0.39 is 16.1 Å². The molecule has 0 spiro atoms. The third-order valence-electron chi connectivity index (χ3n) is 4.90. The monoisotopic (exact) mass is 418 g/mol. The maximum atomic E-state index is 12.7. The quantitative estimate of drug-likeness (QED) is 0.709. The number of amides is 1. The van der Waals surface area contributed by atoms with Gasteiger partial charge in [0.05, 0.1) is 18.0 Å². The Labute approximate surface area is 173 Å². The molecule has 0 saturated heterocycles. The number of ether oxygens (including phenoxy) is 1. The van der Waals surface area contributed by atoms with E-state index in [4.69, 9.17) is 4.74 Å². The fraction of sp³-hybridized carbons (Fsp3) is 0.409. The minimum Gasteiger partial charge on any atom is -0.481 e. The first-order valence-electron chi connectivity index (χ1n) is 9.61. The van der Waals surface area contributed by atoms with Gasteiger partial charge in [-0.2, -0.15) is 0 Å². The number of carbonyl (C=O) groups excluding carboxylic acids is 1. The molecule has 2 aromatic carbocycles. The van der Waals surface area contributed by atoms with E-state index in [9.17, 15) is 13.2 Å². The molecule has 2 aromatic rings. The highest BCUT2D eigenvalue weighted by molar-refractivity contribution is 7.92. The van der Waals surface area contributed by atoms with Crippen LogP contribution in [0.4, 0.5) is 5.69 Å². The highest BCUT2D eigenvalue weighted by atomic mass is 32.2. The lowest BCUT2D eigenvalue weighted by atomic mass is 10.00. The van der Waals surface area contributed by atoms with E-state index in [0.717, 1.165) is 22.9 Å². The van der Waals surface area contributed by atoms with Crippen LogP contribution >= 0.6 is 0 Å². The van der Waals surface area contributed by atoms with Crippen molar-refractivity contribution in [3.8, 4) is 5.75 Å². The second-order valence-electron chi connectivity index (χ2n) is 7.33. The Hall–Kier alpha value is -2.54. The second-order valence-corrected chi connectivity index (χ2v) is 9.34. The number of nitrogens with zero attached hydrogens (tertiary/aromatic N) is 1. The molecule has 6 nitrogen and oxygen atoms in total. The van der Waals surface area contributed by atoms with Crippen LogP contribution in [0.2, 0.25) is 0 Å². The zero-order valence-electron chi connectivity index (χ0n) is 17.9. The Morgan fingerprint density at radius 2 is 1.76 bits per heavy atom. The number of carbonyl (C=O) groups is 1. The van der Waals surface area contributed by atoms with Crippen LogP contribution in [0.15, 0.2) is 42.5 Å². The summed E-state index contributed by atoms with van der Waals surface area (Å²) < 4.78 is 30.3. The minimum absolute atomic E-state index is 0.133. The van der Waals surface area contributed by atoms with Crippen molar-refractivity contribution in [2.24, 2.45) is 0 Å². The lowest BCUT2D eigenvalue weighted by Gasteiger charge is -2.22. The summed E-state index contributed by atoms with van der Waals surface area (Å²) in [6, 6.07) is 12.7. The number of sulfonamides is 1. The largest absolute Gasteiger partial charge is 0.481 e. The lowest BCUT2D eigenvalue weighted by molar-refractivity contribution is -0.128. The molecule has 0 aliphatic rings. The smallest absolute Gasteiger partial charge is 0.261 e. The van der Waals surface area contributed by atoms with Crippen LogP contribution in [-0.2, 0) is 14.8 Å². The Morgan fingerprint density at radius 3 is 2.31 bits per heavy atom. The zero-order valence-corrected chi connectivity index (χ0v) is 18.7. The van der Waals surface area contributed by atoms with E-state index >= 15 is 0 Å². The lowest BCUT2D eigenvalue weighted by Crippen LogP contribution is -2.39. The first kappa shape index (κ1) is 22.7. The molecule has 1 amide bonds. The van der Waals surface area contributed by atoms with Gasteiger partial charge in [-0.1, -0.05) is 30.7 Å². The molecule has 0 aromatic heterocycles. The molecule has 2 atom stereocenters. The normalized spacial score (nSPS) is 13.4. The van der Waals surface area contributed by atoms with Crippen molar-refractivity contribution in [3.05, 3.63) is 59.2 Å². The molecular formula is C22H30N2O4S. The van der Waals surface area contributed by atoms with Gasteiger partial charge in [-0.15, -0.1) is 0 Å². The molecule has 0 aliphatic carbocycles. The number of rotatable bonds is 8. The number of hydrogen-bond acceptors (Lipinski definition) is 4. The summed E-state index contributed by atoms with van der Waals surface area (Å²) in [5.41, 5.74) is 3.89. The molecule has 0 fully saturated rings. The van der Waals surface area contributed by atoms with E-state index in [1.54, 1.807) is 24.3 Å². The van der Waals surface area contributed by atoms with Gasteiger partial charge in [0.2, 0.25) is 10.0 Å². The number of benzene rings is 2. The van der Waals surface area contributed by atoms with Gasteiger partial charge in [-0.25, -0.2) is 8.42 Å². The number of aryl methyl sites for hydroxylation is 2. The summed E-state index contributed by atoms with van der Waals surface area (Å²) in [7, 11) is -1.84. The molecule has 0 heterocycles. The van der Waals surface area contributed by atoms with Crippen LogP contribution < -0.4 is 14.4 Å². The van der Waals surface area contributed by atoms with Crippen molar-refractivity contribution >= 4 is 21.6 Å². The number of anilines is 1. The zero-order chi connectivity index (χ0) is 21.8. The number of nitrogens with one attached hydrogen (secondary N) is 1. The first-order chi connectivity index (χ1) is 13.5. The summed E-state index contributed by atoms with van der Waals surface area (Å²) in [6.07, 6.45) is 1.02. The third kappa shape index (κ3) is 5.97. The van der Waals surface area contributed by atoms with E-state index in [1.807, 2.05) is 27.7 Å². The van der Waals surface area contributed by atoms with Crippen LogP contribution in [0.3, 0.4) is 0 Å². The van der Waals surface area contributed by atoms with Crippen LogP contribution in [0.5, 0.6) is 5.75 Å². The van der Waals surface area contributed by atoms with Crippen LogP contribution in [0.25, 0.3) is 0 Å². The van der Waals surface area contributed by atoms with Gasteiger partial charge < -0.3 is 10.1 Å². The van der Waals surface area contributed by atoms with Gasteiger partial charge in [0.25, 0.3) is 5.91 Å². The predicted octanol–water partition coefficient (Wildman–Crippen LogP) is 3.73. The minimum atomic E-state index is -3.33. The van der Waals surface area contributed by atoms with Gasteiger partial charge in [-0.3, -0.25) is 9.10 Å². The predicted molar refractivity (Wildman–Crippen MR) is 117 cm³/mol. The summed E-state index contributed by atoms with van der Waals surface area (Å²) in [5.74, 6) is 0.329.